The van der Waals surface area contributed by atoms with E-state index in [2.05, 4.69) is 44.2 Å². The summed E-state index contributed by atoms with van der Waals surface area (Å²) in [7, 11) is 1.87. The van der Waals surface area contributed by atoms with Gasteiger partial charge in [-0.1, -0.05) is 26.7 Å². The van der Waals surface area contributed by atoms with E-state index in [9.17, 15) is 0 Å². The first-order chi connectivity index (χ1) is 13.2. The fourth-order valence-corrected chi connectivity index (χ4v) is 4.15. The topological polar surface area (TPSA) is 46.1 Å². The normalized spacial score (nSPS) is 22.4. The zero-order chi connectivity index (χ0) is 19.3. The molecule has 158 valence electrons. The Morgan fingerprint density at radius 2 is 1.56 bits per heavy atom. The lowest BCUT2D eigenvalue weighted by Gasteiger charge is -2.35. The first-order valence-corrected chi connectivity index (χ1v) is 11.3. The summed E-state index contributed by atoms with van der Waals surface area (Å²) < 4.78 is 0. The summed E-state index contributed by atoms with van der Waals surface area (Å²) >= 11 is 0. The quantitative estimate of drug-likeness (QED) is 0.362. The molecule has 6 heteroatoms. The molecule has 0 aromatic rings. The third-order valence-electron chi connectivity index (χ3n) is 5.97. The van der Waals surface area contributed by atoms with E-state index >= 15 is 0 Å². The highest BCUT2D eigenvalue weighted by atomic mass is 15.3. The molecule has 6 nitrogen and oxygen atoms in total. The van der Waals surface area contributed by atoms with Gasteiger partial charge in [-0.3, -0.25) is 4.99 Å². The molecule has 2 fully saturated rings. The first kappa shape index (κ1) is 22.4. The van der Waals surface area contributed by atoms with E-state index in [1.54, 1.807) is 0 Å². The van der Waals surface area contributed by atoms with Crippen molar-refractivity contribution in [3.63, 3.8) is 0 Å². The van der Waals surface area contributed by atoms with Gasteiger partial charge in [-0.2, -0.15) is 0 Å². The van der Waals surface area contributed by atoms with E-state index in [1.807, 2.05) is 7.05 Å². The molecule has 2 saturated heterocycles. The number of likely N-dealkylation sites (tertiary alicyclic amines) is 1. The van der Waals surface area contributed by atoms with Crippen LogP contribution in [0.15, 0.2) is 4.99 Å². The number of nitrogens with zero attached hydrogens (tertiary/aromatic N) is 4. The molecule has 0 saturated carbocycles. The van der Waals surface area contributed by atoms with Crippen LogP contribution in [0.25, 0.3) is 0 Å². The predicted octanol–water partition coefficient (Wildman–Crippen LogP) is 1.69. The lowest BCUT2D eigenvalue weighted by atomic mass is 10.1. The zero-order valence-electron chi connectivity index (χ0n) is 18.2. The van der Waals surface area contributed by atoms with Crippen LogP contribution in [0.3, 0.4) is 0 Å². The van der Waals surface area contributed by atoms with Crippen LogP contribution < -0.4 is 10.6 Å². The Kier molecular flexibility index (Phi) is 11.1. The highest BCUT2D eigenvalue weighted by Crippen LogP contribution is 2.09. The van der Waals surface area contributed by atoms with Gasteiger partial charge < -0.3 is 25.3 Å². The third kappa shape index (κ3) is 9.26. The fourth-order valence-electron chi connectivity index (χ4n) is 4.15. The highest BCUT2D eigenvalue weighted by Gasteiger charge is 2.17. The Bertz CT molecular complexity index is 397. The van der Waals surface area contributed by atoms with Gasteiger partial charge in [-0.25, -0.2) is 0 Å². The van der Waals surface area contributed by atoms with Gasteiger partial charge in [0.2, 0.25) is 0 Å². The SMILES string of the molecule is CCN1CCN(CC(C)CNC(=NC)NCCCN2CCCCCC2)CC1. The van der Waals surface area contributed by atoms with Crippen LogP contribution in [-0.2, 0) is 0 Å². The van der Waals surface area contributed by atoms with Crippen LogP contribution in [0.4, 0.5) is 0 Å². The fraction of sp³-hybridized carbons (Fsp3) is 0.952. The maximum atomic E-state index is 4.39. The van der Waals surface area contributed by atoms with Crippen LogP contribution in [-0.4, -0.2) is 99.7 Å². The molecule has 1 atom stereocenters. The second-order valence-corrected chi connectivity index (χ2v) is 8.33. The van der Waals surface area contributed by atoms with Crippen molar-refractivity contribution >= 4 is 5.96 Å². The first-order valence-electron chi connectivity index (χ1n) is 11.3. The van der Waals surface area contributed by atoms with Gasteiger partial charge in [0.05, 0.1) is 0 Å². The van der Waals surface area contributed by atoms with E-state index < -0.39 is 0 Å². The molecule has 0 bridgehead atoms. The van der Waals surface area contributed by atoms with Crippen LogP contribution in [0, 0.1) is 5.92 Å². The molecule has 1 unspecified atom stereocenters. The van der Waals surface area contributed by atoms with E-state index in [-0.39, 0.29) is 0 Å². The van der Waals surface area contributed by atoms with Crippen molar-refractivity contribution in [1.29, 1.82) is 0 Å². The number of aliphatic imine (C=N–C) groups is 1. The van der Waals surface area contributed by atoms with Crippen LogP contribution in [0.1, 0.15) is 46.0 Å². The molecule has 0 amide bonds. The van der Waals surface area contributed by atoms with Crippen molar-refractivity contribution in [1.82, 2.24) is 25.3 Å². The van der Waals surface area contributed by atoms with E-state index in [0.29, 0.717) is 5.92 Å². The lowest BCUT2D eigenvalue weighted by molar-refractivity contribution is 0.124. The summed E-state index contributed by atoms with van der Waals surface area (Å²) in [5.41, 5.74) is 0. The average molecular weight is 381 g/mol. The monoisotopic (exact) mass is 380 g/mol. The van der Waals surface area contributed by atoms with Crippen molar-refractivity contribution in [3.8, 4) is 0 Å². The minimum atomic E-state index is 0.633. The van der Waals surface area contributed by atoms with Crippen LogP contribution in [0.5, 0.6) is 0 Å². The van der Waals surface area contributed by atoms with Gasteiger partial charge in [-0.15, -0.1) is 0 Å². The molecule has 0 aromatic carbocycles. The summed E-state index contributed by atoms with van der Waals surface area (Å²) in [6.07, 6.45) is 6.78. The van der Waals surface area contributed by atoms with Gasteiger partial charge in [0, 0.05) is 52.9 Å². The van der Waals surface area contributed by atoms with Gasteiger partial charge >= 0.3 is 0 Å². The summed E-state index contributed by atoms with van der Waals surface area (Å²) in [6.45, 7) is 17.6. The van der Waals surface area contributed by atoms with Crippen LogP contribution >= 0.6 is 0 Å². The standard InChI is InChI=1S/C21H44N6/c1-4-25-14-16-27(17-15-25)19-20(2)18-24-21(22-3)23-10-9-13-26-11-7-5-6-8-12-26/h20H,4-19H2,1-3H3,(H2,22,23,24). The van der Waals surface area contributed by atoms with E-state index in [4.69, 9.17) is 0 Å². The Balaban J connectivity index is 1.54. The predicted molar refractivity (Wildman–Crippen MR) is 117 cm³/mol. The molecule has 0 aliphatic carbocycles. The van der Waals surface area contributed by atoms with Crippen molar-refractivity contribution in [2.75, 3.05) is 79.0 Å². The molecule has 2 aliphatic heterocycles. The summed E-state index contributed by atoms with van der Waals surface area (Å²) in [4.78, 5) is 12.2. The van der Waals surface area contributed by atoms with Gasteiger partial charge in [0.1, 0.15) is 0 Å². The van der Waals surface area contributed by atoms with Crippen molar-refractivity contribution in [2.45, 2.75) is 46.0 Å². The molecule has 2 heterocycles. The van der Waals surface area contributed by atoms with Gasteiger partial charge in [0.25, 0.3) is 0 Å². The Hall–Kier alpha value is -0.850. The lowest BCUT2D eigenvalue weighted by Crippen LogP contribution is -2.48. The number of rotatable bonds is 9. The number of likely N-dealkylation sites (N-methyl/N-ethyl adjacent to an activating group) is 1. The molecular formula is C21H44N6. The van der Waals surface area contributed by atoms with E-state index in [1.165, 1.54) is 91.0 Å². The summed E-state index contributed by atoms with van der Waals surface area (Å²) in [6, 6.07) is 0. The Morgan fingerprint density at radius 3 is 2.19 bits per heavy atom. The smallest absolute Gasteiger partial charge is 0.190 e. The Morgan fingerprint density at radius 1 is 0.889 bits per heavy atom. The molecule has 0 radical (unpaired) electrons. The molecule has 2 N–H and O–H groups in total. The van der Waals surface area contributed by atoms with Gasteiger partial charge in [-0.05, 0) is 51.4 Å². The second kappa shape index (κ2) is 13.3. The summed E-state index contributed by atoms with van der Waals surface area (Å²) in [5.74, 6) is 1.59. The van der Waals surface area contributed by atoms with Crippen molar-refractivity contribution in [3.05, 3.63) is 0 Å². The molecule has 27 heavy (non-hydrogen) atoms. The third-order valence-corrected chi connectivity index (χ3v) is 5.97. The second-order valence-electron chi connectivity index (χ2n) is 8.33. The number of hydrogen-bond donors (Lipinski definition) is 2. The van der Waals surface area contributed by atoms with Crippen molar-refractivity contribution in [2.24, 2.45) is 10.9 Å². The summed E-state index contributed by atoms with van der Waals surface area (Å²) in [5, 5.41) is 7.00. The molecule has 0 aromatic heterocycles. The maximum Gasteiger partial charge on any atom is 0.190 e. The number of hydrogen-bond acceptors (Lipinski definition) is 4. The molecule has 2 rings (SSSR count). The average Bonchev–Trinajstić information content (AvgIpc) is 2.97. The van der Waals surface area contributed by atoms with E-state index in [0.717, 1.165) is 19.0 Å². The zero-order valence-corrected chi connectivity index (χ0v) is 18.2. The number of guanidine groups is 1. The molecule has 2 aliphatic rings. The molecular weight excluding hydrogens is 336 g/mol. The Labute approximate surface area is 167 Å². The largest absolute Gasteiger partial charge is 0.356 e. The van der Waals surface area contributed by atoms with Gasteiger partial charge in [0.15, 0.2) is 5.96 Å². The molecule has 0 spiro atoms. The minimum Gasteiger partial charge on any atom is -0.356 e. The van der Waals surface area contributed by atoms with Crippen molar-refractivity contribution < 1.29 is 0 Å². The highest BCUT2D eigenvalue weighted by molar-refractivity contribution is 5.79. The maximum absolute atomic E-state index is 4.39. The number of nitrogens with one attached hydrogen (secondary N) is 2. The minimum absolute atomic E-state index is 0.633. The van der Waals surface area contributed by atoms with Crippen LogP contribution in [0.2, 0.25) is 0 Å². The number of piperazine rings is 1.